The molecule has 1 unspecified atom stereocenters. The molecule has 0 saturated heterocycles. The molecular formula is C13H20BrClN2O2S. The number of nitrogens with two attached hydrogens (primary N) is 1. The molecule has 0 fully saturated rings. The van der Waals surface area contributed by atoms with Crippen molar-refractivity contribution in [3.05, 3.63) is 21.6 Å². The van der Waals surface area contributed by atoms with Gasteiger partial charge in [-0.05, 0) is 34.0 Å². The maximum Gasteiger partial charge on any atom is 0.244 e. The van der Waals surface area contributed by atoms with Crippen molar-refractivity contribution >= 4 is 43.2 Å². The van der Waals surface area contributed by atoms with Gasteiger partial charge in [-0.15, -0.1) is 0 Å². The van der Waals surface area contributed by atoms with Crippen LogP contribution in [0.2, 0.25) is 5.02 Å². The number of hydrogen-bond donors (Lipinski definition) is 1. The Morgan fingerprint density at radius 2 is 2.00 bits per heavy atom. The maximum atomic E-state index is 12.7. The fourth-order valence-electron chi connectivity index (χ4n) is 1.79. The Morgan fingerprint density at radius 1 is 1.40 bits per heavy atom. The first kappa shape index (κ1) is 17.8. The van der Waals surface area contributed by atoms with E-state index in [2.05, 4.69) is 15.9 Å². The predicted octanol–water partition coefficient (Wildman–Crippen LogP) is 3.74. The van der Waals surface area contributed by atoms with Crippen LogP contribution in [0.3, 0.4) is 0 Å². The second-order valence-corrected chi connectivity index (χ2v) is 7.91. The smallest absolute Gasteiger partial charge is 0.244 e. The van der Waals surface area contributed by atoms with E-state index in [1.165, 1.54) is 16.4 Å². The maximum absolute atomic E-state index is 12.7. The summed E-state index contributed by atoms with van der Waals surface area (Å²) >= 11 is 9.17. The van der Waals surface area contributed by atoms with Gasteiger partial charge in [0.05, 0.1) is 9.37 Å². The van der Waals surface area contributed by atoms with E-state index >= 15 is 0 Å². The van der Waals surface area contributed by atoms with Crippen LogP contribution in [0.4, 0.5) is 5.69 Å². The van der Waals surface area contributed by atoms with Crippen molar-refractivity contribution in [3.8, 4) is 0 Å². The average Bonchev–Trinajstić information content (AvgIpc) is 2.39. The molecule has 1 rings (SSSR count). The number of anilines is 1. The minimum absolute atomic E-state index is 0.118. The summed E-state index contributed by atoms with van der Waals surface area (Å²) in [7, 11) is -3.61. The predicted molar refractivity (Wildman–Crippen MR) is 87.5 cm³/mol. The van der Waals surface area contributed by atoms with E-state index in [1.54, 1.807) is 0 Å². The van der Waals surface area contributed by atoms with Crippen molar-refractivity contribution in [1.82, 2.24) is 4.31 Å². The SMILES string of the molecule is CCC(C)CN(CC)S(=O)(=O)c1cc(Cl)cc(N)c1Br. The fraction of sp³-hybridized carbons (Fsp3) is 0.538. The summed E-state index contributed by atoms with van der Waals surface area (Å²) in [6.45, 7) is 6.78. The van der Waals surface area contributed by atoms with Crippen molar-refractivity contribution in [2.45, 2.75) is 32.1 Å². The number of rotatable bonds is 6. The first-order valence-electron chi connectivity index (χ1n) is 6.48. The Hall–Kier alpha value is -0.300. The minimum atomic E-state index is -3.61. The third kappa shape index (κ3) is 3.87. The fourth-order valence-corrected chi connectivity index (χ4v) is 4.61. The van der Waals surface area contributed by atoms with Crippen LogP contribution in [0, 0.1) is 5.92 Å². The summed E-state index contributed by atoms with van der Waals surface area (Å²) in [6, 6.07) is 2.95. The van der Waals surface area contributed by atoms with E-state index < -0.39 is 10.0 Å². The molecule has 0 aliphatic heterocycles. The standard InChI is InChI=1S/C13H20BrClN2O2S/c1-4-9(3)8-17(5-2)20(18,19)12-7-10(15)6-11(16)13(12)14/h6-7,9H,4-5,8,16H2,1-3H3. The molecule has 1 aromatic carbocycles. The van der Waals surface area contributed by atoms with Crippen LogP contribution in [-0.4, -0.2) is 25.8 Å². The number of benzene rings is 1. The van der Waals surface area contributed by atoms with Crippen molar-refractivity contribution < 1.29 is 8.42 Å². The molecule has 7 heteroatoms. The molecule has 0 aromatic heterocycles. The molecule has 1 aromatic rings. The van der Waals surface area contributed by atoms with Gasteiger partial charge in [0.15, 0.2) is 0 Å². The molecule has 0 spiro atoms. The second-order valence-electron chi connectivity index (χ2n) is 4.78. The lowest BCUT2D eigenvalue weighted by Gasteiger charge is -2.24. The zero-order valence-corrected chi connectivity index (χ0v) is 15.0. The molecule has 0 aliphatic carbocycles. The van der Waals surface area contributed by atoms with Gasteiger partial charge in [-0.25, -0.2) is 8.42 Å². The van der Waals surface area contributed by atoms with E-state index in [4.69, 9.17) is 17.3 Å². The summed E-state index contributed by atoms with van der Waals surface area (Å²) in [6.07, 6.45) is 0.922. The van der Waals surface area contributed by atoms with Gasteiger partial charge in [0, 0.05) is 23.8 Å². The highest BCUT2D eigenvalue weighted by atomic mass is 79.9. The highest BCUT2D eigenvalue weighted by Crippen LogP contribution is 2.33. The number of nitrogen functional groups attached to an aromatic ring is 1. The van der Waals surface area contributed by atoms with Crippen LogP contribution in [-0.2, 0) is 10.0 Å². The molecule has 0 amide bonds. The van der Waals surface area contributed by atoms with Gasteiger partial charge in [0.2, 0.25) is 10.0 Å². The van der Waals surface area contributed by atoms with Gasteiger partial charge >= 0.3 is 0 Å². The first-order valence-corrected chi connectivity index (χ1v) is 9.09. The number of sulfonamides is 1. The van der Waals surface area contributed by atoms with Gasteiger partial charge in [-0.1, -0.05) is 38.8 Å². The Kier molecular flexibility index (Phi) is 6.31. The number of halogens is 2. The molecule has 0 saturated carbocycles. The molecule has 0 aliphatic rings. The second kappa shape index (κ2) is 7.11. The summed E-state index contributed by atoms with van der Waals surface area (Å²) < 4.78 is 27.3. The normalized spacial score (nSPS) is 13.7. The molecular weight excluding hydrogens is 364 g/mol. The van der Waals surface area contributed by atoms with Crippen LogP contribution in [0.5, 0.6) is 0 Å². The van der Waals surface area contributed by atoms with Crippen molar-refractivity contribution in [1.29, 1.82) is 0 Å². The van der Waals surface area contributed by atoms with E-state index in [-0.39, 0.29) is 4.90 Å². The topological polar surface area (TPSA) is 63.4 Å². The van der Waals surface area contributed by atoms with Gasteiger partial charge < -0.3 is 5.73 Å². The molecule has 0 heterocycles. The van der Waals surface area contributed by atoms with Crippen LogP contribution in [0.15, 0.2) is 21.5 Å². The van der Waals surface area contributed by atoms with Gasteiger partial charge in [-0.2, -0.15) is 4.31 Å². The summed E-state index contributed by atoms with van der Waals surface area (Å²) in [5.41, 5.74) is 6.09. The van der Waals surface area contributed by atoms with Crippen LogP contribution in [0.1, 0.15) is 27.2 Å². The van der Waals surface area contributed by atoms with E-state index in [9.17, 15) is 8.42 Å². The van der Waals surface area contributed by atoms with E-state index in [0.717, 1.165) is 6.42 Å². The zero-order chi connectivity index (χ0) is 15.5. The molecule has 1 atom stereocenters. The molecule has 0 bridgehead atoms. The third-order valence-electron chi connectivity index (χ3n) is 3.21. The van der Waals surface area contributed by atoms with Crippen molar-refractivity contribution in [2.24, 2.45) is 5.92 Å². The highest BCUT2D eigenvalue weighted by Gasteiger charge is 2.27. The lowest BCUT2D eigenvalue weighted by molar-refractivity contribution is 0.361. The lowest BCUT2D eigenvalue weighted by Crippen LogP contribution is -2.34. The molecule has 4 nitrogen and oxygen atoms in total. The summed E-state index contributed by atoms with van der Waals surface area (Å²) in [5, 5.41) is 0.309. The Balaban J connectivity index is 3.27. The lowest BCUT2D eigenvalue weighted by atomic mass is 10.1. The van der Waals surface area contributed by atoms with Crippen LogP contribution < -0.4 is 5.73 Å². The minimum Gasteiger partial charge on any atom is -0.398 e. The third-order valence-corrected chi connectivity index (χ3v) is 6.55. The van der Waals surface area contributed by atoms with Crippen molar-refractivity contribution in [3.63, 3.8) is 0 Å². The Morgan fingerprint density at radius 3 is 2.50 bits per heavy atom. The molecule has 0 radical (unpaired) electrons. The molecule has 2 N–H and O–H groups in total. The van der Waals surface area contributed by atoms with E-state index in [0.29, 0.717) is 34.2 Å². The van der Waals surface area contributed by atoms with Crippen molar-refractivity contribution in [2.75, 3.05) is 18.8 Å². The van der Waals surface area contributed by atoms with Gasteiger partial charge in [0.25, 0.3) is 0 Å². The average molecular weight is 384 g/mol. The monoisotopic (exact) mass is 382 g/mol. The van der Waals surface area contributed by atoms with Gasteiger partial charge in [0.1, 0.15) is 0 Å². The summed E-state index contributed by atoms with van der Waals surface area (Å²) in [5.74, 6) is 0.292. The molecule has 20 heavy (non-hydrogen) atoms. The van der Waals surface area contributed by atoms with Gasteiger partial charge in [-0.3, -0.25) is 0 Å². The zero-order valence-electron chi connectivity index (χ0n) is 11.9. The first-order chi connectivity index (χ1) is 9.23. The van der Waals surface area contributed by atoms with E-state index in [1.807, 2.05) is 20.8 Å². The Labute approximate surface area is 134 Å². The Bertz CT molecular complexity index is 578. The quantitative estimate of drug-likeness (QED) is 0.761. The summed E-state index contributed by atoms with van der Waals surface area (Å²) in [4.78, 5) is 0.118. The largest absolute Gasteiger partial charge is 0.398 e. The van der Waals surface area contributed by atoms with Crippen LogP contribution >= 0.6 is 27.5 Å². The highest BCUT2D eigenvalue weighted by molar-refractivity contribution is 9.10. The number of hydrogen-bond acceptors (Lipinski definition) is 3. The number of nitrogens with zero attached hydrogens (tertiary/aromatic N) is 1. The van der Waals surface area contributed by atoms with Crippen LogP contribution in [0.25, 0.3) is 0 Å². The molecule has 114 valence electrons.